The highest BCUT2D eigenvalue weighted by Gasteiger charge is 2.42. The van der Waals surface area contributed by atoms with Crippen LogP contribution in [0, 0.1) is 0 Å². The minimum absolute atomic E-state index is 0.0502. The first kappa shape index (κ1) is 20.3. The van der Waals surface area contributed by atoms with Crippen molar-refractivity contribution in [3.05, 3.63) is 64.7 Å². The number of carbonyl (C=O) groups is 1. The number of rotatable bonds is 5. The maximum Gasteiger partial charge on any atom is 0.251 e. The molecule has 2 atom stereocenters. The molecule has 2 aliphatic rings. The Labute approximate surface area is 179 Å². The molecule has 0 bridgehead atoms. The van der Waals surface area contributed by atoms with Crippen LogP contribution in [-0.4, -0.2) is 48.8 Å². The Hall–Kier alpha value is -2.03. The molecule has 1 amide bonds. The standard InChI is InChI=1S/C20H20ClN3O3S2/c21-15-7-6-14(19(25)22-9-8-13-4-2-1-3-5-13)10-16(15)23-20-24-17-11-29(26,27)12-18(17)28-20/h1-7,10,17-18H,8-9,11-12H2,(H,22,25)(H,23,24)/t17-,18-/m0/s1. The van der Waals surface area contributed by atoms with E-state index in [1.165, 1.54) is 11.8 Å². The Kier molecular flexibility index (Phi) is 5.85. The van der Waals surface area contributed by atoms with Gasteiger partial charge < -0.3 is 10.6 Å². The highest BCUT2D eigenvalue weighted by atomic mass is 35.5. The van der Waals surface area contributed by atoms with Gasteiger partial charge in [-0.05, 0) is 30.2 Å². The number of nitrogens with zero attached hydrogens (tertiary/aromatic N) is 1. The van der Waals surface area contributed by atoms with Gasteiger partial charge in [-0.3, -0.25) is 9.79 Å². The van der Waals surface area contributed by atoms with Crippen LogP contribution in [0.4, 0.5) is 5.69 Å². The second kappa shape index (κ2) is 8.38. The first-order valence-electron chi connectivity index (χ1n) is 9.23. The predicted octanol–water partition coefficient (Wildman–Crippen LogP) is 2.99. The SMILES string of the molecule is O=C(NCCc1ccccc1)c1ccc(Cl)c(NC2=N[C@H]3CS(=O)(=O)C[C@@H]3S2)c1. The number of thioether (sulfide) groups is 1. The summed E-state index contributed by atoms with van der Waals surface area (Å²) in [5.41, 5.74) is 2.24. The number of amides is 1. The number of aliphatic imine (C=N–C) groups is 1. The molecule has 1 saturated heterocycles. The van der Waals surface area contributed by atoms with E-state index in [1.807, 2.05) is 30.3 Å². The van der Waals surface area contributed by atoms with E-state index >= 15 is 0 Å². The molecule has 4 rings (SSSR count). The molecule has 0 radical (unpaired) electrons. The fraction of sp³-hybridized carbons (Fsp3) is 0.300. The molecule has 2 N–H and O–H groups in total. The van der Waals surface area contributed by atoms with E-state index < -0.39 is 9.84 Å². The van der Waals surface area contributed by atoms with Crippen LogP contribution < -0.4 is 10.6 Å². The summed E-state index contributed by atoms with van der Waals surface area (Å²) in [6.45, 7) is 0.536. The second-order valence-corrected chi connectivity index (χ2v) is 10.8. The number of benzene rings is 2. The van der Waals surface area contributed by atoms with Crippen LogP contribution in [0.3, 0.4) is 0 Å². The van der Waals surface area contributed by atoms with Crippen LogP contribution >= 0.6 is 23.4 Å². The molecule has 9 heteroatoms. The zero-order valence-electron chi connectivity index (χ0n) is 15.5. The topological polar surface area (TPSA) is 87.6 Å². The third kappa shape index (κ3) is 4.94. The Morgan fingerprint density at radius 2 is 1.97 bits per heavy atom. The van der Waals surface area contributed by atoms with Crippen molar-refractivity contribution >= 4 is 50.0 Å². The van der Waals surface area contributed by atoms with Gasteiger partial charge in [-0.1, -0.05) is 53.7 Å². The maximum atomic E-state index is 12.5. The first-order chi connectivity index (χ1) is 13.9. The molecule has 1 fully saturated rings. The van der Waals surface area contributed by atoms with Crippen molar-refractivity contribution in [1.82, 2.24) is 5.32 Å². The Balaban J connectivity index is 1.38. The number of hydrogen-bond acceptors (Lipinski definition) is 6. The molecule has 2 aliphatic heterocycles. The van der Waals surface area contributed by atoms with Crippen LogP contribution in [0.1, 0.15) is 15.9 Å². The molecule has 0 spiro atoms. The summed E-state index contributed by atoms with van der Waals surface area (Å²) in [5, 5.41) is 7.12. The molecule has 6 nitrogen and oxygen atoms in total. The van der Waals surface area contributed by atoms with Crippen molar-refractivity contribution in [2.75, 3.05) is 23.4 Å². The summed E-state index contributed by atoms with van der Waals surface area (Å²) in [4.78, 5) is 17.0. The lowest BCUT2D eigenvalue weighted by molar-refractivity contribution is 0.0954. The van der Waals surface area contributed by atoms with Gasteiger partial charge in [0.05, 0.1) is 28.3 Å². The normalized spacial score (nSPS) is 22.0. The van der Waals surface area contributed by atoms with Crippen molar-refractivity contribution < 1.29 is 13.2 Å². The molecule has 2 aromatic carbocycles. The van der Waals surface area contributed by atoms with Gasteiger partial charge in [0.2, 0.25) is 0 Å². The number of amidine groups is 1. The van der Waals surface area contributed by atoms with E-state index in [4.69, 9.17) is 11.6 Å². The predicted molar refractivity (Wildman–Crippen MR) is 119 cm³/mol. The van der Waals surface area contributed by atoms with Crippen molar-refractivity contribution in [2.45, 2.75) is 17.7 Å². The van der Waals surface area contributed by atoms with Gasteiger partial charge in [0.1, 0.15) is 0 Å². The van der Waals surface area contributed by atoms with Gasteiger partial charge in [-0.15, -0.1) is 0 Å². The molecule has 0 aliphatic carbocycles. The molecule has 0 saturated carbocycles. The number of anilines is 1. The lowest BCUT2D eigenvalue weighted by Crippen LogP contribution is -2.25. The molecule has 29 heavy (non-hydrogen) atoms. The molecule has 0 aromatic heterocycles. The number of nitrogens with one attached hydrogen (secondary N) is 2. The van der Waals surface area contributed by atoms with Gasteiger partial charge in [-0.25, -0.2) is 8.42 Å². The molecule has 0 unspecified atom stereocenters. The Morgan fingerprint density at radius 1 is 1.17 bits per heavy atom. The van der Waals surface area contributed by atoms with Crippen LogP contribution in [0.5, 0.6) is 0 Å². The highest BCUT2D eigenvalue weighted by Crippen LogP contribution is 2.35. The summed E-state index contributed by atoms with van der Waals surface area (Å²) in [7, 11) is -2.99. The summed E-state index contributed by atoms with van der Waals surface area (Å²) >= 11 is 7.69. The van der Waals surface area contributed by atoms with Crippen molar-refractivity contribution in [1.29, 1.82) is 0 Å². The lowest BCUT2D eigenvalue weighted by Gasteiger charge is -2.11. The zero-order valence-corrected chi connectivity index (χ0v) is 17.9. The fourth-order valence-corrected chi connectivity index (χ4v) is 7.19. The minimum Gasteiger partial charge on any atom is -0.352 e. The van der Waals surface area contributed by atoms with Crippen LogP contribution in [0.2, 0.25) is 5.02 Å². The van der Waals surface area contributed by atoms with Crippen molar-refractivity contribution in [2.24, 2.45) is 4.99 Å². The van der Waals surface area contributed by atoms with Gasteiger partial charge in [0.15, 0.2) is 15.0 Å². The molecule has 152 valence electrons. The van der Waals surface area contributed by atoms with Gasteiger partial charge in [0.25, 0.3) is 5.91 Å². The second-order valence-electron chi connectivity index (χ2n) is 7.05. The Morgan fingerprint density at radius 3 is 2.72 bits per heavy atom. The summed E-state index contributed by atoms with van der Waals surface area (Å²) < 4.78 is 23.4. The summed E-state index contributed by atoms with van der Waals surface area (Å²) in [5.74, 6) is 0.0619. The van der Waals surface area contributed by atoms with Crippen LogP contribution in [0.15, 0.2) is 53.5 Å². The van der Waals surface area contributed by atoms with Gasteiger partial charge >= 0.3 is 0 Å². The van der Waals surface area contributed by atoms with E-state index in [0.717, 1.165) is 12.0 Å². The summed E-state index contributed by atoms with van der Waals surface area (Å²) in [6.07, 6.45) is 0.754. The molecular weight excluding hydrogens is 430 g/mol. The smallest absolute Gasteiger partial charge is 0.251 e. The number of hydrogen-bond donors (Lipinski definition) is 2. The highest BCUT2D eigenvalue weighted by molar-refractivity contribution is 8.15. The monoisotopic (exact) mass is 449 g/mol. The summed E-state index contributed by atoms with van der Waals surface area (Å²) in [6, 6.07) is 14.8. The van der Waals surface area contributed by atoms with Crippen molar-refractivity contribution in [3.8, 4) is 0 Å². The van der Waals surface area contributed by atoms with E-state index in [0.29, 0.717) is 28.0 Å². The van der Waals surface area contributed by atoms with Gasteiger partial charge in [-0.2, -0.15) is 0 Å². The van der Waals surface area contributed by atoms with Crippen molar-refractivity contribution in [3.63, 3.8) is 0 Å². The minimum atomic E-state index is -2.99. The van der Waals surface area contributed by atoms with E-state index in [-0.39, 0.29) is 28.7 Å². The number of fused-ring (bicyclic) bond motifs is 1. The lowest BCUT2D eigenvalue weighted by atomic mass is 10.1. The quantitative estimate of drug-likeness (QED) is 0.732. The molecule has 2 aromatic rings. The largest absolute Gasteiger partial charge is 0.352 e. The number of carbonyl (C=O) groups excluding carboxylic acids is 1. The third-order valence-electron chi connectivity index (χ3n) is 4.83. The Bertz CT molecular complexity index is 1060. The number of halogens is 1. The number of sulfone groups is 1. The van der Waals surface area contributed by atoms with Crippen LogP contribution in [-0.2, 0) is 16.3 Å². The maximum absolute atomic E-state index is 12.5. The average Bonchev–Trinajstić information content (AvgIpc) is 3.16. The van der Waals surface area contributed by atoms with E-state index in [2.05, 4.69) is 15.6 Å². The van der Waals surface area contributed by atoms with E-state index in [9.17, 15) is 13.2 Å². The van der Waals surface area contributed by atoms with E-state index in [1.54, 1.807) is 18.2 Å². The third-order valence-corrected chi connectivity index (χ3v) is 8.30. The zero-order chi connectivity index (χ0) is 20.4. The fourth-order valence-electron chi connectivity index (χ4n) is 3.36. The molecular formula is C20H20ClN3O3S2. The van der Waals surface area contributed by atoms with Gasteiger partial charge in [0, 0.05) is 17.4 Å². The average molecular weight is 450 g/mol. The first-order valence-corrected chi connectivity index (χ1v) is 12.3. The van der Waals surface area contributed by atoms with Crippen LogP contribution in [0.25, 0.3) is 0 Å². The molecule has 2 heterocycles.